The molecule has 4 nitrogen and oxygen atoms in total. The quantitative estimate of drug-likeness (QED) is 0.802. The van der Waals surface area contributed by atoms with E-state index >= 15 is 0 Å². The van der Waals surface area contributed by atoms with Gasteiger partial charge in [-0.3, -0.25) is 9.59 Å². The van der Waals surface area contributed by atoms with Gasteiger partial charge in [-0.25, -0.2) is 0 Å². The van der Waals surface area contributed by atoms with Gasteiger partial charge in [0.05, 0.1) is 6.42 Å². The predicted molar refractivity (Wildman–Crippen MR) is 95.7 cm³/mol. The number of hydrogen-bond acceptors (Lipinski definition) is 3. The van der Waals surface area contributed by atoms with Crippen LogP contribution in [0.1, 0.15) is 16.7 Å². The van der Waals surface area contributed by atoms with E-state index in [4.69, 9.17) is 27.9 Å². The van der Waals surface area contributed by atoms with Crippen molar-refractivity contribution in [3.8, 4) is 0 Å². The van der Waals surface area contributed by atoms with Crippen LogP contribution >= 0.6 is 23.2 Å². The number of esters is 1. The van der Waals surface area contributed by atoms with Crippen LogP contribution in [0.25, 0.3) is 0 Å². The molecular weight excluding hydrogens is 349 g/mol. The van der Waals surface area contributed by atoms with Gasteiger partial charge in [-0.05, 0) is 49.2 Å². The van der Waals surface area contributed by atoms with Crippen LogP contribution in [-0.4, -0.2) is 18.5 Å². The maximum absolute atomic E-state index is 11.9. The Hall–Kier alpha value is -2.04. The molecule has 0 atom stereocenters. The van der Waals surface area contributed by atoms with Gasteiger partial charge in [-0.15, -0.1) is 0 Å². The highest BCUT2D eigenvalue weighted by atomic mass is 35.5. The van der Waals surface area contributed by atoms with Gasteiger partial charge in [-0.1, -0.05) is 35.3 Å². The first kappa shape index (κ1) is 18.3. The summed E-state index contributed by atoms with van der Waals surface area (Å²) in [4.78, 5) is 23.7. The number of carbonyl (C=O) groups is 2. The number of hydrogen-bond donors (Lipinski definition) is 1. The van der Waals surface area contributed by atoms with E-state index in [-0.39, 0.29) is 13.0 Å². The van der Waals surface area contributed by atoms with E-state index in [1.54, 1.807) is 24.3 Å². The van der Waals surface area contributed by atoms with Crippen LogP contribution < -0.4 is 5.32 Å². The molecule has 0 saturated heterocycles. The number of aryl methyl sites for hydroxylation is 2. The van der Waals surface area contributed by atoms with Gasteiger partial charge in [0, 0.05) is 21.3 Å². The SMILES string of the molecule is Cc1ccc(NC(=O)COC(=O)Cc2c(Cl)cccc2Cl)cc1C. The molecule has 0 saturated carbocycles. The number of amides is 1. The average Bonchev–Trinajstić information content (AvgIpc) is 2.53. The fourth-order valence-corrected chi connectivity index (χ4v) is 2.59. The van der Waals surface area contributed by atoms with Crippen LogP contribution in [0.15, 0.2) is 36.4 Å². The molecule has 0 aliphatic heterocycles. The van der Waals surface area contributed by atoms with Crippen LogP contribution in [0.3, 0.4) is 0 Å². The molecule has 0 unspecified atom stereocenters. The lowest BCUT2D eigenvalue weighted by Crippen LogP contribution is -2.21. The molecule has 0 bridgehead atoms. The second-order valence-corrected chi connectivity index (χ2v) is 6.20. The lowest BCUT2D eigenvalue weighted by Gasteiger charge is -2.09. The summed E-state index contributed by atoms with van der Waals surface area (Å²) in [6.45, 7) is 3.58. The summed E-state index contributed by atoms with van der Waals surface area (Å²) in [6, 6.07) is 10.5. The number of benzene rings is 2. The zero-order chi connectivity index (χ0) is 17.7. The molecule has 2 rings (SSSR count). The third-order valence-electron chi connectivity index (χ3n) is 3.54. The number of nitrogens with one attached hydrogen (secondary N) is 1. The van der Waals surface area contributed by atoms with Gasteiger partial charge in [0.15, 0.2) is 6.61 Å². The summed E-state index contributed by atoms with van der Waals surface area (Å²) >= 11 is 12.0. The second-order valence-electron chi connectivity index (χ2n) is 5.38. The number of ether oxygens (including phenoxy) is 1. The van der Waals surface area contributed by atoms with Gasteiger partial charge >= 0.3 is 5.97 Å². The highest BCUT2D eigenvalue weighted by molar-refractivity contribution is 6.36. The minimum absolute atomic E-state index is 0.0879. The topological polar surface area (TPSA) is 55.4 Å². The molecule has 24 heavy (non-hydrogen) atoms. The molecule has 6 heteroatoms. The Morgan fingerprint density at radius 3 is 2.33 bits per heavy atom. The lowest BCUT2D eigenvalue weighted by molar-refractivity contribution is -0.146. The molecule has 126 valence electrons. The minimum atomic E-state index is -0.569. The highest BCUT2D eigenvalue weighted by Gasteiger charge is 2.13. The van der Waals surface area contributed by atoms with E-state index in [1.807, 2.05) is 26.0 Å². The monoisotopic (exact) mass is 365 g/mol. The van der Waals surface area contributed by atoms with Crippen molar-refractivity contribution < 1.29 is 14.3 Å². The van der Waals surface area contributed by atoms with E-state index in [0.29, 0.717) is 21.3 Å². The highest BCUT2D eigenvalue weighted by Crippen LogP contribution is 2.24. The summed E-state index contributed by atoms with van der Waals surface area (Å²) in [5.41, 5.74) is 3.35. The summed E-state index contributed by atoms with van der Waals surface area (Å²) in [7, 11) is 0. The number of carbonyl (C=O) groups excluding carboxylic acids is 2. The third kappa shape index (κ3) is 4.98. The Kier molecular flexibility index (Phi) is 6.23. The molecule has 0 aromatic heterocycles. The second kappa shape index (κ2) is 8.18. The fourth-order valence-electron chi connectivity index (χ4n) is 2.06. The smallest absolute Gasteiger partial charge is 0.310 e. The van der Waals surface area contributed by atoms with Gasteiger partial charge in [-0.2, -0.15) is 0 Å². The molecule has 0 heterocycles. The molecule has 0 aliphatic rings. The van der Waals surface area contributed by atoms with Crippen molar-refractivity contribution >= 4 is 40.8 Å². The first-order chi connectivity index (χ1) is 11.4. The molecule has 0 fully saturated rings. The van der Waals surface area contributed by atoms with Crippen molar-refractivity contribution in [1.82, 2.24) is 0 Å². The molecule has 0 spiro atoms. The lowest BCUT2D eigenvalue weighted by atomic mass is 10.1. The summed E-state index contributed by atoms with van der Waals surface area (Å²) in [5.74, 6) is -0.975. The summed E-state index contributed by atoms with van der Waals surface area (Å²) in [5, 5.41) is 3.46. The standard InChI is InChI=1S/C18H17Cl2NO3/c1-11-6-7-13(8-12(11)2)21-17(22)10-24-18(23)9-14-15(19)4-3-5-16(14)20/h3-8H,9-10H2,1-2H3,(H,21,22). The summed E-state index contributed by atoms with van der Waals surface area (Å²) in [6.07, 6.45) is -0.0879. The predicted octanol–water partition coefficient (Wildman–Crippen LogP) is 4.33. The van der Waals surface area contributed by atoms with E-state index in [1.165, 1.54) is 0 Å². The van der Waals surface area contributed by atoms with Crippen molar-refractivity contribution in [2.75, 3.05) is 11.9 Å². The molecule has 1 N–H and O–H groups in total. The fraction of sp³-hybridized carbons (Fsp3) is 0.222. The number of halogens is 2. The minimum Gasteiger partial charge on any atom is -0.455 e. The molecular formula is C18H17Cl2NO3. The van der Waals surface area contributed by atoms with E-state index in [9.17, 15) is 9.59 Å². The molecule has 0 radical (unpaired) electrons. The Bertz CT molecular complexity index is 755. The van der Waals surface area contributed by atoms with Gasteiger partial charge < -0.3 is 10.1 Å². The molecule has 2 aromatic carbocycles. The molecule has 0 aliphatic carbocycles. The van der Waals surface area contributed by atoms with Crippen molar-refractivity contribution in [3.63, 3.8) is 0 Å². The van der Waals surface area contributed by atoms with E-state index in [2.05, 4.69) is 5.32 Å². The Balaban J connectivity index is 1.87. The van der Waals surface area contributed by atoms with Crippen molar-refractivity contribution in [2.24, 2.45) is 0 Å². The number of rotatable bonds is 5. The van der Waals surface area contributed by atoms with Crippen molar-refractivity contribution in [1.29, 1.82) is 0 Å². The van der Waals surface area contributed by atoms with Gasteiger partial charge in [0.2, 0.25) is 0 Å². The van der Waals surface area contributed by atoms with Crippen molar-refractivity contribution in [3.05, 3.63) is 63.1 Å². The van der Waals surface area contributed by atoms with Gasteiger partial charge in [0.25, 0.3) is 5.91 Å². The van der Waals surface area contributed by atoms with E-state index < -0.39 is 11.9 Å². The van der Waals surface area contributed by atoms with Crippen LogP contribution in [0.5, 0.6) is 0 Å². The molecule has 2 aromatic rings. The maximum atomic E-state index is 11.9. The third-order valence-corrected chi connectivity index (χ3v) is 4.25. The van der Waals surface area contributed by atoms with Crippen LogP contribution in [-0.2, 0) is 20.7 Å². The zero-order valence-corrected chi connectivity index (χ0v) is 14.9. The first-order valence-electron chi connectivity index (χ1n) is 7.32. The average molecular weight is 366 g/mol. The Labute approximate surface area is 150 Å². The van der Waals surface area contributed by atoms with Crippen LogP contribution in [0, 0.1) is 13.8 Å². The van der Waals surface area contributed by atoms with Crippen LogP contribution in [0.4, 0.5) is 5.69 Å². The van der Waals surface area contributed by atoms with Crippen LogP contribution in [0.2, 0.25) is 10.0 Å². The normalized spacial score (nSPS) is 10.3. The maximum Gasteiger partial charge on any atom is 0.310 e. The Morgan fingerprint density at radius 1 is 1.04 bits per heavy atom. The molecule has 1 amide bonds. The van der Waals surface area contributed by atoms with E-state index in [0.717, 1.165) is 11.1 Å². The Morgan fingerprint density at radius 2 is 1.71 bits per heavy atom. The van der Waals surface area contributed by atoms with Crippen molar-refractivity contribution in [2.45, 2.75) is 20.3 Å². The number of anilines is 1. The first-order valence-corrected chi connectivity index (χ1v) is 8.08. The summed E-state index contributed by atoms with van der Waals surface area (Å²) < 4.78 is 4.98. The zero-order valence-electron chi connectivity index (χ0n) is 13.4. The largest absolute Gasteiger partial charge is 0.455 e. The van der Waals surface area contributed by atoms with Gasteiger partial charge in [0.1, 0.15) is 0 Å².